The van der Waals surface area contributed by atoms with Crippen molar-refractivity contribution in [2.24, 2.45) is 13.0 Å². The molecule has 4 atom stereocenters. The van der Waals surface area contributed by atoms with Crippen LogP contribution in [0.5, 0.6) is 17.2 Å². The second-order valence-corrected chi connectivity index (χ2v) is 14.5. The number of rotatable bonds is 9. The van der Waals surface area contributed by atoms with Crippen LogP contribution in [0.1, 0.15) is 56.0 Å². The van der Waals surface area contributed by atoms with Crippen LogP contribution in [0.4, 0.5) is 5.69 Å². The van der Waals surface area contributed by atoms with Crippen molar-refractivity contribution in [3.05, 3.63) is 60.0 Å². The Labute approximate surface area is 282 Å². The molecule has 0 unspecified atom stereocenters. The Morgan fingerprint density at radius 3 is 2.62 bits per heavy atom. The maximum absolute atomic E-state index is 14.4. The lowest BCUT2D eigenvalue weighted by atomic mass is 10.0. The zero-order valence-electron chi connectivity index (χ0n) is 28.3. The van der Waals surface area contributed by atoms with Crippen molar-refractivity contribution < 1.29 is 37.3 Å². The summed E-state index contributed by atoms with van der Waals surface area (Å²) in [7, 11) is -0.290. The fourth-order valence-electron chi connectivity index (χ4n) is 5.91. The van der Waals surface area contributed by atoms with Crippen molar-refractivity contribution in [1.82, 2.24) is 19.4 Å². The van der Waals surface area contributed by atoms with E-state index in [4.69, 9.17) is 18.9 Å². The van der Waals surface area contributed by atoms with E-state index in [-0.39, 0.29) is 53.7 Å². The van der Waals surface area contributed by atoms with Crippen molar-refractivity contribution in [1.29, 1.82) is 0 Å². The van der Waals surface area contributed by atoms with Crippen molar-refractivity contribution in [3.63, 3.8) is 0 Å². The molecule has 2 aliphatic rings. The third-order valence-electron chi connectivity index (χ3n) is 8.64. The number of imidazole rings is 1. The summed E-state index contributed by atoms with van der Waals surface area (Å²) in [6.07, 6.45) is 4.84. The van der Waals surface area contributed by atoms with Gasteiger partial charge in [0.2, 0.25) is 6.79 Å². The van der Waals surface area contributed by atoms with Gasteiger partial charge in [-0.05, 0) is 76.1 Å². The highest BCUT2D eigenvalue weighted by Gasteiger charge is 2.31. The maximum atomic E-state index is 14.4. The van der Waals surface area contributed by atoms with E-state index < -0.39 is 16.1 Å². The van der Waals surface area contributed by atoms with Crippen LogP contribution in [0.3, 0.4) is 0 Å². The summed E-state index contributed by atoms with van der Waals surface area (Å²) in [5.41, 5.74) is 1.48. The largest absolute Gasteiger partial charge is 0.490 e. The lowest BCUT2D eigenvalue weighted by molar-refractivity contribution is -0.0177. The number of hydrogen-bond donors (Lipinski definition) is 2. The van der Waals surface area contributed by atoms with E-state index in [1.807, 2.05) is 39.1 Å². The molecule has 0 radical (unpaired) electrons. The number of hydrogen-bond acceptors (Lipinski definition) is 10. The molecule has 3 heterocycles. The average molecular weight is 686 g/mol. The molecule has 0 saturated carbocycles. The van der Waals surface area contributed by atoms with Crippen LogP contribution in [0.2, 0.25) is 0 Å². The molecule has 0 aliphatic carbocycles. The van der Waals surface area contributed by atoms with Crippen LogP contribution in [-0.4, -0.2) is 97.2 Å². The number of benzene rings is 2. The van der Waals surface area contributed by atoms with Gasteiger partial charge in [0.15, 0.2) is 16.5 Å². The number of nitrogens with one attached hydrogen (secondary N) is 1. The molecule has 5 rings (SSSR count). The molecule has 48 heavy (non-hydrogen) atoms. The second kappa shape index (κ2) is 15.6. The predicted molar refractivity (Wildman–Crippen MR) is 180 cm³/mol. The van der Waals surface area contributed by atoms with E-state index in [1.165, 1.54) is 23.2 Å². The molecule has 1 amide bonds. The Hall–Kier alpha value is -3.85. The number of anilines is 1. The molecular weight excluding hydrogens is 638 g/mol. The number of aliphatic hydroxyl groups excluding tert-OH is 1. The smallest absolute Gasteiger partial charge is 0.280 e. The number of nitrogens with zero attached hydrogens (tertiary/aromatic N) is 4. The molecule has 3 aromatic rings. The molecule has 0 spiro atoms. The molecule has 2 aliphatic heterocycles. The summed E-state index contributed by atoms with van der Waals surface area (Å²) in [6, 6.07) is 10.1. The number of amides is 1. The number of aromatic nitrogens is 2. The van der Waals surface area contributed by atoms with Crippen LogP contribution >= 0.6 is 0 Å². The summed E-state index contributed by atoms with van der Waals surface area (Å²) >= 11 is 0. The van der Waals surface area contributed by atoms with Crippen molar-refractivity contribution in [2.45, 2.75) is 69.9 Å². The number of likely N-dealkylation sites (N-methyl/N-ethyl adjacent to an activating group) is 1. The Morgan fingerprint density at radius 1 is 1.10 bits per heavy atom. The fourth-order valence-corrected chi connectivity index (χ4v) is 6.94. The molecule has 2 aromatic carbocycles. The van der Waals surface area contributed by atoms with E-state index in [1.54, 1.807) is 31.0 Å². The quantitative estimate of drug-likeness (QED) is 0.341. The third kappa shape index (κ3) is 8.78. The van der Waals surface area contributed by atoms with E-state index in [9.17, 15) is 18.3 Å². The summed E-state index contributed by atoms with van der Waals surface area (Å²) in [6.45, 7) is 7.88. The van der Waals surface area contributed by atoms with Crippen molar-refractivity contribution >= 4 is 21.6 Å². The number of sulfonamides is 1. The van der Waals surface area contributed by atoms with Gasteiger partial charge < -0.3 is 33.5 Å². The Bertz CT molecular complexity index is 1660. The standard InChI is InChI=1S/C34H47N5O8S/c1-23-16-39(24(2)20-40)34(41)28-15-27(36-48(42,43)33-19-38(5)21-35-33)10-12-29(28)47-25(3)8-6-7-13-44-32(23)18-37(4)17-26-9-11-30-31(14-26)46-22-45-30/h9-12,14-15,19,21,23-25,32,36,40H,6-8,13,16-18,20,22H2,1-5H3/t23-,24-,25+,32-/m0/s1. The fraction of sp³-hybridized carbons (Fsp3) is 0.529. The van der Waals surface area contributed by atoms with Crippen LogP contribution in [0, 0.1) is 5.92 Å². The lowest BCUT2D eigenvalue weighted by Gasteiger charge is -2.36. The second-order valence-electron chi connectivity index (χ2n) is 12.9. The molecule has 262 valence electrons. The number of carbonyl (C=O) groups excluding carboxylic acids is 1. The molecular formula is C34H47N5O8S. The van der Waals surface area contributed by atoms with Gasteiger partial charge in [0.1, 0.15) is 5.75 Å². The topological polar surface area (TPSA) is 145 Å². The normalized spacial score (nSPS) is 21.4. The van der Waals surface area contributed by atoms with Crippen molar-refractivity contribution in [3.8, 4) is 17.2 Å². The Kier molecular flexibility index (Phi) is 11.5. The first-order valence-electron chi connectivity index (χ1n) is 16.4. The molecule has 0 saturated heterocycles. The maximum Gasteiger partial charge on any atom is 0.280 e. The first-order chi connectivity index (χ1) is 22.9. The zero-order chi connectivity index (χ0) is 34.4. The van der Waals surface area contributed by atoms with Gasteiger partial charge in [-0.1, -0.05) is 13.0 Å². The highest BCUT2D eigenvalue weighted by atomic mass is 32.2. The summed E-state index contributed by atoms with van der Waals surface area (Å²) in [5.74, 6) is 1.34. The highest BCUT2D eigenvalue weighted by molar-refractivity contribution is 7.92. The van der Waals surface area contributed by atoms with E-state index in [0.29, 0.717) is 32.0 Å². The minimum atomic E-state index is -4.01. The predicted octanol–water partition coefficient (Wildman–Crippen LogP) is 3.88. The van der Waals surface area contributed by atoms with Gasteiger partial charge in [-0.25, -0.2) is 4.98 Å². The lowest BCUT2D eigenvalue weighted by Crippen LogP contribution is -2.47. The van der Waals surface area contributed by atoms with E-state index in [2.05, 4.69) is 14.6 Å². The molecule has 2 N–H and O–H groups in total. The van der Waals surface area contributed by atoms with Gasteiger partial charge in [-0.15, -0.1) is 0 Å². The number of carbonyl (C=O) groups is 1. The molecule has 0 bridgehead atoms. The van der Waals surface area contributed by atoms with Crippen LogP contribution < -0.4 is 18.9 Å². The SMILES string of the molecule is C[C@@H]1CCCCO[C@@H](CN(C)Cc2ccc3c(c2)OCO3)[C@@H](C)CN([C@@H](C)CO)C(=O)c2cc(NS(=O)(=O)c3cn(C)cn3)ccc2O1. The van der Waals surface area contributed by atoms with Gasteiger partial charge >= 0.3 is 0 Å². The highest BCUT2D eigenvalue weighted by Crippen LogP contribution is 2.33. The summed E-state index contributed by atoms with van der Waals surface area (Å²) in [5, 5.41) is 10.1. The molecule has 1 aromatic heterocycles. The first-order valence-corrected chi connectivity index (χ1v) is 17.8. The molecule has 14 heteroatoms. The van der Waals surface area contributed by atoms with Gasteiger partial charge in [0.25, 0.3) is 15.9 Å². The number of fused-ring (bicyclic) bond motifs is 2. The monoisotopic (exact) mass is 685 g/mol. The molecule has 0 fully saturated rings. The molecule has 13 nitrogen and oxygen atoms in total. The van der Waals surface area contributed by atoms with E-state index >= 15 is 0 Å². The van der Waals surface area contributed by atoms with Crippen molar-refractivity contribution in [2.75, 3.05) is 44.9 Å². The van der Waals surface area contributed by atoms with Crippen LogP contribution in [0.25, 0.3) is 0 Å². The van der Waals surface area contributed by atoms with Gasteiger partial charge in [-0.3, -0.25) is 14.4 Å². The number of aliphatic hydroxyl groups is 1. The van der Waals surface area contributed by atoms with E-state index in [0.717, 1.165) is 36.3 Å². The summed E-state index contributed by atoms with van der Waals surface area (Å²) < 4.78 is 54.0. The van der Waals surface area contributed by atoms with Gasteiger partial charge in [-0.2, -0.15) is 8.42 Å². The first kappa shape index (κ1) is 35.5. The number of ether oxygens (including phenoxy) is 4. The Morgan fingerprint density at radius 2 is 1.88 bits per heavy atom. The Balaban J connectivity index is 1.40. The third-order valence-corrected chi connectivity index (χ3v) is 9.91. The van der Waals surface area contributed by atoms with Gasteiger partial charge in [0, 0.05) is 51.1 Å². The minimum absolute atomic E-state index is 0.112. The van der Waals surface area contributed by atoms with Crippen LogP contribution in [-0.2, 0) is 28.4 Å². The summed E-state index contributed by atoms with van der Waals surface area (Å²) in [4.78, 5) is 22.2. The number of aryl methyl sites for hydroxylation is 1. The zero-order valence-corrected chi connectivity index (χ0v) is 29.1. The average Bonchev–Trinajstić information content (AvgIpc) is 3.71. The minimum Gasteiger partial charge on any atom is -0.490 e. The van der Waals surface area contributed by atoms with Gasteiger partial charge in [0.05, 0.1) is 36.7 Å². The van der Waals surface area contributed by atoms with Crippen LogP contribution in [0.15, 0.2) is 53.9 Å².